The smallest absolute Gasteiger partial charge is 0.0460 e. The highest BCUT2D eigenvalue weighted by Gasteiger charge is 1.97. The van der Waals surface area contributed by atoms with Gasteiger partial charge in [0.05, 0.1) is 0 Å². The van der Waals surface area contributed by atoms with Crippen molar-refractivity contribution in [3.05, 3.63) is 35.4 Å². The van der Waals surface area contributed by atoms with Crippen LogP contribution in [-0.4, -0.2) is 0 Å². The molecule has 0 spiro atoms. The predicted octanol–water partition coefficient (Wildman–Crippen LogP) is 3.65. The summed E-state index contributed by atoms with van der Waals surface area (Å²) >= 11 is 5.89. The van der Waals surface area contributed by atoms with Gasteiger partial charge in [0.15, 0.2) is 0 Å². The molecule has 0 aromatic heterocycles. The second kappa shape index (κ2) is 4.35. The van der Waals surface area contributed by atoms with E-state index in [4.69, 9.17) is 11.6 Å². The van der Waals surface area contributed by atoms with Gasteiger partial charge in [0, 0.05) is 5.03 Å². The van der Waals surface area contributed by atoms with E-state index < -0.39 is 0 Å². The van der Waals surface area contributed by atoms with Gasteiger partial charge in [0.1, 0.15) is 0 Å². The van der Waals surface area contributed by atoms with E-state index in [-0.39, 0.29) is 0 Å². The molecule has 0 aromatic rings. The number of rotatable bonds is 3. The Morgan fingerprint density at radius 2 is 2.10 bits per heavy atom. The van der Waals surface area contributed by atoms with Gasteiger partial charge in [-0.15, -0.1) is 0 Å². The van der Waals surface area contributed by atoms with Gasteiger partial charge in [-0.3, -0.25) is 0 Å². The van der Waals surface area contributed by atoms with Crippen LogP contribution in [0.15, 0.2) is 35.4 Å². The summed E-state index contributed by atoms with van der Waals surface area (Å²) in [6, 6.07) is 0. The zero-order valence-electron chi connectivity index (χ0n) is 6.58. The first-order valence-corrected chi connectivity index (χ1v) is 3.68. The molecule has 10 heavy (non-hydrogen) atoms. The lowest BCUT2D eigenvalue weighted by atomic mass is 10.1. The van der Waals surface area contributed by atoms with Gasteiger partial charge in [-0.1, -0.05) is 37.8 Å². The molecular weight excluding hydrogens is 144 g/mol. The lowest BCUT2D eigenvalue weighted by Gasteiger charge is -2.01. The summed E-state index contributed by atoms with van der Waals surface area (Å²) in [6.45, 7) is 11.3. The second-order valence-electron chi connectivity index (χ2n) is 2.18. The van der Waals surface area contributed by atoms with Gasteiger partial charge >= 0.3 is 0 Å². The van der Waals surface area contributed by atoms with Crippen molar-refractivity contribution in [3.8, 4) is 0 Å². The molecule has 0 aliphatic heterocycles. The third-order valence-electron chi connectivity index (χ3n) is 1.28. The molecule has 0 aliphatic carbocycles. The predicted molar refractivity (Wildman–Crippen MR) is 48.2 cm³/mol. The van der Waals surface area contributed by atoms with Gasteiger partial charge in [-0.25, -0.2) is 0 Å². The third-order valence-corrected chi connectivity index (χ3v) is 1.85. The van der Waals surface area contributed by atoms with E-state index in [1.54, 1.807) is 6.08 Å². The molecule has 0 bridgehead atoms. The van der Waals surface area contributed by atoms with E-state index in [0.717, 1.165) is 22.6 Å². The van der Waals surface area contributed by atoms with Crippen LogP contribution in [0.25, 0.3) is 0 Å². The quantitative estimate of drug-likeness (QED) is 0.548. The topological polar surface area (TPSA) is 0 Å². The molecule has 1 heteroatoms. The van der Waals surface area contributed by atoms with Crippen LogP contribution in [-0.2, 0) is 0 Å². The fraction of sp³-hybridized carbons (Fsp3) is 0.333. The maximum atomic E-state index is 5.89. The summed E-state index contributed by atoms with van der Waals surface area (Å²) in [5.74, 6) is 0. The van der Waals surface area contributed by atoms with E-state index in [1.165, 1.54) is 0 Å². The minimum atomic E-state index is 0.748. The summed E-state index contributed by atoms with van der Waals surface area (Å²) in [6.07, 6.45) is 2.69. The van der Waals surface area contributed by atoms with Crippen molar-refractivity contribution in [2.24, 2.45) is 0 Å². The van der Waals surface area contributed by atoms with Crippen LogP contribution in [0.1, 0.15) is 20.3 Å². The van der Waals surface area contributed by atoms with Gasteiger partial charge < -0.3 is 0 Å². The molecular formula is C9H13Cl. The van der Waals surface area contributed by atoms with E-state index in [2.05, 4.69) is 13.2 Å². The molecule has 0 unspecified atom stereocenters. The van der Waals surface area contributed by atoms with Crippen molar-refractivity contribution in [1.29, 1.82) is 0 Å². The summed E-state index contributed by atoms with van der Waals surface area (Å²) in [5, 5.41) is 0.748. The summed E-state index contributed by atoms with van der Waals surface area (Å²) in [5.41, 5.74) is 1.97. The minimum absolute atomic E-state index is 0.748. The van der Waals surface area contributed by atoms with Crippen LogP contribution in [0.2, 0.25) is 0 Å². The molecule has 0 radical (unpaired) electrons. The van der Waals surface area contributed by atoms with E-state index in [1.807, 2.05) is 13.8 Å². The highest BCUT2D eigenvalue weighted by atomic mass is 35.5. The Bertz CT molecular complexity index is 175. The number of hydrogen-bond donors (Lipinski definition) is 0. The van der Waals surface area contributed by atoms with Crippen LogP contribution in [0, 0.1) is 0 Å². The van der Waals surface area contributed by atoms with Crippen molar-refractivity contribution in [2.75, 3.05) is 0 Å². The molecule has 0 rings (SSSR count). The average molecular weight is 157 g/mol. The molecule has 0 heterocycles. The van der Waals surface area contributed by atoms with Crippen molar-refractivity contribution in [1.82, 2.24) is 0 Å². The van der Waals surface area contributed by atoms with E-state index in [0.29, 0.717) is 0 Å². The minimum Gasteiger partial charge on any atom is -0.0987 e. The fourth-order valence-electron chi connectivity index (χ4n) is 0.663. The maximum Gasteiger partial charge on any atom is 0.0460 e. The molecule has 0 N–H and O–H groups in total. The van der Waals surface area contributed by atoms with Crippen LogP contribution in [0.3, 0.4) is 0 Å². The SMILES string of the molecule is C=C/C(CC)=C(/Cl)C(=C)C. The van der Waals surface area contributed by atoms with E-state index >= 15 is 0 Å². The van der Waals surface area contributed by atoms with Gasteiger partial charge in [0.25, 0.3) is 0 Å². The van der Waals surface area contributed by atoms with Gasteiger partial charge in [0.2, 0.25) is 0 Å². The van der Waals surface area contributed by atoms with Crippen molar-refractivity contribution < 1.29 is 0 Å². The standard InChI is InChI=1S/C9H13Cl/c1-5-8(6-2)9(10)7(3)4/h5H,1,3,6H2,2,4H3/b9-8-. The molecule has 0 aromatic carbocycles. The Morgan fingerprint density at radius 1 is 1.60 bits per heavy atom. The monoisotopic (exact) mass is 156 g/mol. The molecule has 0 saturated carbocycles. The summed E-state index contributed by atoms with van der Waals surface area (Å²) in [4.78, 5) is 0. The maximum absolute atomic E-state index is 5.89. The molecule has 0 saturated heterocycles. The largest absolute Gasteiger partial charge is 0.0987 e. The highest BCUT2D eigenvalue weighted by Crippen LogP contribution is 2.19. The number of hydrogen-bond acceptors (Lipinski definition) is 0. The first-order valence-electron chi connectivity index (χ1n) is 3.30. The Balaban J connectivity index is 4.59. The van der Waals surface area contributed by atoms with Gasteiger partial charge in [-0.05, 0) is 24.5 Å². The fourth-order valence-corrected chi connectivity index (χ4v) is 0.874. The normalized spacial score (nSPS) is 12.3. The number of halogens is 1. The third kappa shape index (κ3) is 2.40. The Hall–Kier alpha value is -0.490. The second-order valence-corrected chi connectivity index (χ2v) is 2.56. The first-order chi connectivity index (χ1) is 4.63. The zero-order valence-corrected chi connectivity index (χ0v) is 7.33. The summed E-state index contributed by atoms with van der Waals surface area (Å²) < 4.78 is 0. The van der Waals surface area contributed by atoms with Crippen molar-refractivity contribution in [3.63, 3.8) is 0 Å². The Kier molecular flexibility index (Phi) is 4.13. The average Bonchev–Trinajstić information content (AvgIpc) is 1.90. The highest BCUT2D eigenvalue weighted by molar-refractivity contribution is 6.32. The van der Waals surface area contributed by atoms with Crippen molar-refractivity contribution >= 4 is 11.6 Å². The lowest BCUT2D eigenvalue weighted by molar-refractivity contribution is 1.14. The lowest BCUT2D eigenvalue weighted by Crippen LogP contribution is -1.81. The van der Waals surface area contributed by atoms with Crippen LogP contribution < -0.4 is 0 Å². The zero-order chi connectivity index (χ0) is 8.15. The van der Waals surface area contributed by atoms with Crippen LogP contribution in [0.4, 0.5) is 0 Å². The molecule has 56 valence electrons. The van der Waals surface area contributed by atoms with Gasteiger partial charge in [-0.2, -0.15) is 0 Å². The molecule has 0 fully saturated rings. The van der Waals surface area contributed by atoms with E-state index in [9.17, 15) is 0 Å². The van der Waals surface area contributed by atoms with Crippen LogP contribution in [0.5, 0.6) is 0 Å². The summed E-state index contributed by atoms with van der Waals surface area (Å²) in [7, 11) is 0. The molecule has 0 atom stereocenters. The van der Waals surface area contributed by atoms with Crippen molar-refractivity contribution in [2.45, 2.75) is 20.3 Å². The molecule has 0 aliphatic rings. The number of allylic oxidation sites excluding steroid dienone is 4. The Morgan fingerprint density at radius 3 is 2.20 bits per heavy atom. The van der Waals surface area contributed by atoms with Crippen LogP contribution >= 0.6 is 11.6 Å². The first kappa shape index (κ1) is 9.51. The molecule has 0 amide bonds. The Labute approximate surface area is 67.9 Å². The molecule has 0 nitrogen and oxygen atoms in total.